The highest BCUT2D eigenvalue weighted by atomic mass is 32.2. The van der Waals surface area contributed by atoms with Crippen molar-refractivity contribution in [3.05, 3.63) is 52.7 Å². The molecule has 1 fully saturated rings. The van der Waals surface area contributed by atoms with E-state index < -0.39 is 15.7 Å². The third-order valence-corrected chi connectivity index (χ3v) is 6.80. The Kier molecular flexibility index (Phi) is 4.15. The van der Waals surface area contributed by atoms with Crippen molar-refractivity contribution in [3.63, 3.8) is 0 Å². The second-order valence-corrected chi connectivity index (χ2v) is 8.88. The summed E-state index contributed by atoms with van der Waals surface area (Å²) in [5.74, 6) is -0.936. The average Bonchev–Trinajstić information content (AvgIpc) is 3.48. The van der Waals surface area contributed by atoms with Crippen molar-refractivity contribution in [2.45, 2.75) is 22.6 Å². The maximum absolute atomic E-state index is 13.2. The molecule has 146 valence electrons. The lowest BCUT2D eigenvalue weighted by Crippen LogP contribution is -2.19. The summed E-state index contributed by atoms with van der Waals surface area (Å²) < 4.78 is 42.4. The van der Waals surface area contributed by atoms with Gasteiger partial charge in [0.2, 0.25) is 15.7 Å². The van der Waals surface area contributed by atoms with Crippen LogP contribution in [0.3, 0.4) is 0 Å². The van der Waals surface area contributed by atoms with Crippen LogP contribution in [0, 0.1) is 11.7 Å². The lowest BCUT2D eigenvalue weighted by Gasteiger charge is -2.13. The Hall–Kier alpha value is -2.94. The zero-order chi connectivity index (χ0) is 20.2. The first-order chi connectivity index (χ1) is 13.2. The van der Waals surface area contributed by atoms with E-state index in [1.165, 1.54) is 33.4 Å². The summed E-state index contributed by atoms with van der Waals surface area (Å²) in [4.78, 5) is 24.3. The first-order valence-corrected chi connectivity index (χ1v) is 10.2. The first kappa shape index (κ1) is 18.4. The number of hydrogen-bond acceptors (Lipinski definition) is 4. The number of imidazole rings is 1. The smallest absolute Gasteiger partial charge is 0.325 e. The summed E-state index contributed by atoms with van der Waals surface area (Å²) in [6.45, 7) is 0. The predicted molar refractivity (Wildman–Crippen MR) is 101 cm³/mol. The Morgan fingerprint density at radius 2 is 1.64 bits per heavy atom. The number of benzene rings is 2. The van der Waals surface area contributed by atoms with Crippen molar-refractivity contribution in [3.8, 4) is 0 Å². The molecule has 0 bridgehead atoms. The van der Waals surface area contributed by atoms with Crippen molar-refractivity contribution in [2.75, 3.05) is 5.32 Å². The number of carbonyl (C=O) groups is 1. The largest absolute Gasteiger partial charge is 0.328 e. The van der Waals surface area contributed by atoms with E-state index >= 15 is 0 Å². The highest BCUT2D eigenvalue weighted by Gasteiger charge is 2.32. The number of anilines is 1. The third-order valence-electron chi connectivity index (χ3n) is 4.99. The van der Waals surface area contributed by atoms with Crippen molar-refractivity contribution in [1.82, 2.24) is 9.13 Å². The molecule has 0 unspecified atom stereocenters. The molecule has 2 aromatic carbocycles. The van der Waals surface area contributed by atoms with Crippen molar-refractivity contribution in [1.29, 1.82) is 0 Å². The van der Waals surface area contributed by atoms with Gasteiger partial charge in [0, 0.05) is 20.0 Å². The molecule has 0 saturated heterocycles. The van der Waals surface area contributed by atoms with Gasteiger partial charge in [-0.1, -0.05) is 0 Å². The van der Waals surface area contributed by atoms with Gasteiger partial charge in [-0.2, -0.15) is 0 Å². The zero-order valence-electron chi connectivity index (χ0n) is 15.3. The number of sulfone groups is 1. The molecule has 4 rings (SSSR count). The molecule has 1 heterocycles. The number of fused-ring (bicyclic) bond motifs is 1. The molecule has 7 nitrogen and oxygen atoms in total. The molecule has 0 spiro atoms. The van der Waals surface area contributed by atoms with E-state index in [1.54, 1.807) is 14.1 Å². The van der Waals surface area contributed by atoms with Crippen LogP contribution in [0.2, 0.25) is 0 Å². The lowest BCUT2D eigenvalue weighted by molar-refractivity contribution is -0.117. The highest BCUT2D eigenvalue weighted by Crippen LogP contribution is 2.35. The summed E-state index contributed by atoms with van der Waals surface area (Å²) in [5.41, 5.74) is 0.704. The minimum atomic E-state index is -4.06. The van der Waals surface area contributed by atoms with E-state index in [4.69, 9.17) is 0 Å². The van der Waals surface area contributed by atoms with Gasteiger partial charge in [0.05, 0.1) is 26.5 Å². The van der Waals surface area contributed by atoms with Gasteiger partial charge in [0.15, 0.2) is 0 Å². The molecule has 28 heavy (non-hydrogen) atoms. The fourth-order valence-electron chi connectivity index (χ4n) is 3.17. The van der Waals surface area contributed by atoms with E-state index in [-0.39, 0.29) is 33.0 Å². The second-order valence-electron chi connectivity index (χ2n) is 6.96. The number of hydrogen-bond donors (Lipinski definition) is 1. The molecule has 0 atom stereocenters. The molecule has 3 aromatic rings. The molecule has 1 aliphatic rings. The van der Waals surface area contributed by atoms with Gasteiger partial charge in [-0.15, -0.1) is 0 Å². The molecule has 0 radical (unpaired) electrons. The molecule has 9 heteroatoms. The molecule has 1 aliphatic carbocycles. The van der Waals surface area contributed by atoms with E-state index in [0.717, 1.165) is 25.0 Å². The van der Waals surface area contributed by atoms with Crippen LogP contribution in [-0.2, 0) is 28.7 Å². The number of halogens is 1. The van der Waals surface area contributed by atoms with Crippen molar-refractivity contribution < 1.29 is 17.6 Å². The van der Waals surface area contributed by atoms with Gasteiger partial charge in [-0.3, -0.25) is 13.9 Å². The third kappa shape index (κ3) is 2.91. The van der Waals surface area contributed by atoms with Gasteiger partial charge in [0.1, 0.15) is 5.82 Å². The minimum absolute atomic E-state index is 0.101. The number of amides is 1. The Morgan fingerprint density at radius 3 is 2.21 bits per heavy atom. The molecule has 1 amide bonds. The summed E-state index contributed by atoms with van der Waals surface area (Å²) in [7, 11) is -0.937. The summed E-state index contributed by atoms with van der Waals surface area (Å²) in [5, 5.41) is 2.69. The molecular weight excluding hydrogens is 385 g/mol. The van der Waals surface area contributed by atoms with Gasteiger partial charge < -0.3 is 5.32 Å². The zero-order valence-corrected chi connectivity index (χ0v) is 16.1. The van der Waals surface area contributed by atoms with Crippen LogP contribution in [0.5, 0.6) is 0 Å². The standard InChI is InChI=1S/C19H18FN3O4S/c1-22-15-9-14(21-18(24)11-3-4-11)17(10-16(15)23(2)19(22)25)28(26,27)13-7-5-12(20)6-8-13/h5-11H,3-4H2,1-2H3,(H,21,24). The van der Waals surface area contributed by atoms with Gasteiger partial charge in [-0.05, 0) is 49.2 Å². The van der Waals surface area contributed by atoms with Gasteiger partial charge in [0.25, 0.3) is 0 Å². The van der Waals surface area contributed by atoms with E-state index in [9.17, 15) is 22.4 Å². The fraction of sp³-hybridized carbons (Fsp3) is 0.263. The van der Waals surface area contributed by atoms with E-state index in [2.05, 4.69) is 5.32 Å². The summed E-state index contributed by atoms with van der Waals surface area (Å²) >= 11 is 0. The summed E-state index contributed by atoms with van der Waals surface area (Å²) in [6.07, 6.45) is 1.52. The number of nitrogens with zero attached hydrogens (tertiary/aromatic N) is 2. The maximum atomic E-state index is 13.2. The van der Waals surface area contributed by atoms with E-state index in [0.29, 0.717) is 11.0 Å². The highest BCUT2D eigenvalue weighted by molar-refractivity contribution is 7.91. The Morgan fingerprint density at radius 1 is 1.07 bits per heavy atom. The number of aryl methyl sites for hydroxylation is 2. The molecule has 1 saturated carbocycles. The first-order valence-electron chi connectivity index (χ1n) is 8.71. The second kappa shape index (κ2) is 6.30. The number of carbonyl (C=O) groups excluding carboxylic acids is 1. The number of aromatic nitrogens is 2. The molecule has 0 aliphatic heterocycles. The van der Waals surface area contributed by atoms with Crippen molar-refractivity contribution >= 4 is 32.5 Å². The fourth-order valence-corrected chi connectivity index (χ4v) is 4.58. The monoisotopic (exact) mass is 403 g/mol. The number of rotatable bonds is 4. The van der Waals surface area contributed by atoms with Gasteiger partial charge in [-0.25, -0.2) is 17.6 Å². The average molecular weight is 403 g/mol. The normalized spacial score (nSPS) is 14.4. The van der Waals surface area contributed by atoms with Crippen LogP contribution in [0.15, 0.2) is 51.0 Å². The molecular formula is C19H18FN3O4S. The van der Waals surface area contributed by atoms with Gasteiger partial charge >= 0.3 is 5.69 Å². The summed E-state index contributed by atoms with van der Waals surface area (Å²) in [6, 6.07) is 7.33. The molecule has 1 N–H and O–H groups in total. The van der Waals surface area contributed by atoms with Crippen LogP contribution < -0.4 is 11.0 Å². The Labute approximate surface area is 160 Å². The Balaban J connectivity index is 1.96. The van der Waals surface area contributed by atoms with Crippen LogP contribution in [0.1, 0.15) is 12.8 Å². The van der Waals surface area contributed by atoms with E-state index in [1.807, 2.05) is 0 Å². The SMILES string of the molecule is Cn1c(=O)n(C)c2cc(S(=O)(=O)c3ccc(F)cc3)c(NC(=O)C3CC3)cc21. The van der Waals surface area contributed by atoms with Crippen LogP contribution in [0.4, 0.5) is 10.1 Å². The van der Waals surface area contributed by atoms with Crippen LogP contribution in [0.25, 0.3) is 11.0 Å². The van der Waals surface area contributed by atoms with Crippen LogP contribution in [-0.4, -0.2) is 23.5 Å². The van der Waals surface area contributed by atoms with Crippen molar-refractivity contribution in [2.24, 2.45) is 20.0 Å². The maximum Gasteiger partial charge on any atom is 0.328 e. The Bertz CT molecular complexity index is 1270. The van der Waals surface area contributed by atoms with Crippen LogP contribution >= 0.6 is 0 Å². The quantitative estimate of drug-likeness (QED) is 0.676. The minimum Gasteiger partial charge on any atom is -0.325 e. The number of nitrogens with one attached hydrogen (secondary N) is 1. The topological polar surface area (TPSA) is 90.2 Å². The molecule has 1 aromatic heterocycles. The predicted octanol–water partition coefficient (Wildman–Crippen LogP) is 2.20. The lowest BCUT2D eigenvalue weighted by atomic mass is 10.2.